The van der Waals surface area contributed by atoms with Crippen LogP contribution in [0.3, 0.4) is 0 Å². The van der Waals surface area contributed by atoms with Gasteiger partial charge in [0.15, 0.2) is 0 Å². The van der Waals surface area contributed by atoms with E-state index in [1.165, 1.54) is 13.0 Å². The zero-order valence-corrected chi connectivity index (χ0v) is 8.17. The molecule has 2 aliphatic rings. The molecule has 2 rings (SSSR count). The van der Waals surface area contributed by atoms with Crippen LogP contribution in [-0.4, -0.2) is 24.0 Å². The molecular weight excluding hydrogens is 146 g/mol. The average Bonchev–Trinajstić information content (AvgIpc) is 2.46. The lowest BCUT2D eigenvalue weighted by Crippen LogP contribution is -2.50. The maximum absolute atomic E-state index is 2.46. The van der Waals surface area contributed by atoms with Crippen molar-refractivity contribution in [3.8, 4) is 0 Å². The lowest BCUT2D eigenvalue weighted by atomic mass is 9.78. The van der Waals surface area contributed by atoms with E-state index in [0.29, 0.717) is 11.5 Å². The van der Waals surface area contributed by atoms with E-state index in [1.807, 2.05) is 0 Å². The third-order valence-electron chi connectivity index (χ3n) is 3.49. The number of allylic oxidation sites excluding steroid dienone is 2. The normalized spacial score (nSPS) is 33.2. The van der Waals surface area contributed by atoms with E-state index >= 15 is 0 Å². The fourth-order valence-corrected chi connectivity index (χ4v) is 2.27. The second-order valence-electron chi connectivity index (χ2n) is 4.43. The fraction of sp³-hybridized carbons (Fsp3) is 0.636. The van der Waals surface area contributed by atoms with Crippen LogP contribution in [0, 0.1) is 5.92 Å². The van der Waals surface area contributed by atoms with Gasteiger partial charge in [0.2, 0.25) is 0 Å². The van der Waals surface area contributed by atoms with Gasteiger partial charge in [-0.3, -0.25) is 0 Å². The fourth-order valence-electron chi connectivity index (χ4n) is 2.27. The highest BCUT2D eigenvalue weighted by molar-refractivity contribution is 5.33. The topological polar surface area (TPSA) is 3.24 Å². The van der Waals surface area contributed by atoms with Crippen molar-refractivity contribution >= 4 is 0 Å². The summed E-state index contributed by atoms with van der Waals surface area (Å²) >= 11 is 0. The number of hydrogen-bond donors (Lipinski definition) is 0. The van der Waals surface area contributed by atoms with Gasteiger partial charge in [-0.05, 0) is 27.3 Å². The van der Waals surface area contributed by atoms with Crippen LogP contribution in [-0.2, 0) is 0 Å². The first-order valence-corrected chi connectivity index (χ1v) is 4.71. The average molecular weight is 163 g/mol. The van der Waals surface area contributed by atoms with Crippen LogP contribution in [0.25, 0.3) is 0 Å². The molecule has 0 aromatic rings. The van der Waals surface area contributed by atoms with Crippen molar-refractivity contribution < 1.29 is 0 Å². The van der Waals surface area contributed by atoms with Crippen molar-refractivity contribution in [2.45, 2.75) is 25.8 Å². The van der Waals surface area contributed by atoms with Crippen LogP contribution in [0.1, 0.15) is 20.3 Å². The quantitative estimate of drug-likeness (QED) is 0.529. The van der Waals surface area contributed by atoms with E-state index in [2.05, 4.69) is 44.0 Å². The molecule has 66 valence electrons. The van der Waals surface area contributed by atoms with Crippen molar-refractivity contribution in [2.24, 2.45) is 5.92 Å². The van der Waals surface area contributed by atoms with Crippen molar-refractivity contribution in [2.75, 3.05) is 13.6 Å². The third kappa shape index (κ3) is 0.962. The summed E-state index contributed by atoms with van der Waals surface area (Å²) in [5, 5.41) is 0. The minimum Gasteiger partial charge on any atom is -0.300 e. The molecule has 0 radical (unpaired) electrons. The summed E-state index contributed by atoms with van der Waals surface area (Å²) < 4.78 is 0. The maximum atomic E-state index is 2.46. The van der Waals surface area contributed by atoms with E-state index < -0.39 is 0 Å². The van der Waals surface area contributed by atoms with Crippen LogP contribution in [0.2, 0.25) is 0 Å². The molecular formula is C11H17N. The Labute approximate surface area is 74.8 Å². The van der Waals surface area contributed by atoms with Crippen molar-refractivity contribution in [1.82, 2.24) is 4.90 Å². The second-order valence-corrected chi connectivity index (χ2v) is 4.43. The van der Waals surface area contributed by atoms with Crippen molar-refractivity contribution in [3.05, 3.63) is 23.8 Å². The van der Waals surface area contributed by atoms with E-state index in [4.69, 9.17) is 0 Å². The lowest BCUT2D eigenvalue weighted by molar-refractivity contribution is 0.101. The van der Waals surface area contributed by atoms with E-state index in [1.54, 1.807) is 5.57 Å². The van der Waals surface area contributed by atoms with Crippen LogP contribution in [0.15, 0.2) is 23.8 Å². The molecule has 0 spiro atoms. The Morgan fingerprint density at radius 2 is 2.25 bits per heavy atom. The Balaban J connectivity index is 2.31. The summed E-state index contributed by atoms with van der Waals surface area (Å²) in [6.07, 6.45) is 8.09. The number of rotatable bonds is 0. The zero-order valence-electron chi connectivity index (χ0n) is 8.17. The maximum Gasteiger partial charge on any atom is 0.0250 e. The van der Waals surface area contributed by atoms with Crippen LogP contribution in [0.5, 0.6) is 0 Å². The highest BCUT2D eigenvalue weighted by atomic mass is 15.2. The second kappa shape index (κ2) is 2.46. The van der Waals surface area contributed by atoms with Crippen LogP contribution < -0.4 is 0 Å². The molecule has 1 heteroatoms. The largest absolute Gasteiger partial charge is 0.300 e. The van der Waals surface area contributed by atoms with E-state index in [9.17, 15) is 0 Å². The summed E-state index contributed by atoms with van der Waals surface area (Å²) in [4.78, 5) is 2.46. The highest BCUT2D eigenvalue weighted by Gasteiger charge is 2.38. The van der Waals surface area contributed by atoms with Crippen LogP contribution in [0.4, 0.5) is 0 Å². The number of likely N-dealkylation sites (tertiary alicyclic amines) is 1. The number of piperidine rings is 1. The summed E-state index contributed by atoms with van der Waals surface area (Å²) in [5.41, 5.74) is 1.94. The van der Waals surface area contributed by atoms with Gasteiger partial charge < -0.3 is 4.90 Å². The minimum atomic E-state index is 0.317. The first kappa shape index (κ1) is 8.06. The van der Waals surface area contributed by atoms with Gasteiger partial charge in [0.25, 0.3) is 0 Å². The Bertz CT molecular complexity index is 248. The summed E-state index contributed by atoms with van der Waals surface area (Å²) in [7, 11) is 2.23. The van der Waals surface area contributed by atoms with Gasteiger partial charge in [-0.1, -0.05) is 23.8 Å². The summed E-state index contributed by atoms with van der Waals surface area (Å²) in [6.45, 7) is 5.87. The van der Waals surface area contributed by atoms with Gasteiger partial charge >= 0.3 is 0 Å². The van der Waals surface area contributed by atoms with E-state index in [-0.39, 0.29) is 0 Å². The molecule has 1 atom stereocenters. The van der Waals surface area contributed by atoms with Gasteiger partial charge in [-0.2, -0.15) is 0 Å². The number of fused-ring (bicyclic) bond motifs is 1. The molecule has 0 saturated carbocycles. The van der Waals surface area contributed by atoms with Gasteiger partial charge in [0.1, 0.15) is 0 Å². The zero-order chi connectivity index (χ0) is 8.77. The molecule has 1 fully saturated rings. The standard InChI is InChI=1S/C11H17N/c1-11(2)10-6-4-5-9(10)7-8-12(11)3/h4-6,10H,7-8H2,1-3H3. The van der Waals surface area contributed by atoms with Crippen molar-refractivity contribution in [1.29, 1.82) is 0 Å². The first-order chi connectivity index (χ1) is 5.62. The molecule has 0 amide bonds. The molecule has 0 N–H and O–H groups in total. The Morgan fingerprint density at radius 1 is 1.50 bits per heavy atom. The number of nitrogens with zero attached hydrogens (tertiary/aromatic N) is 1. The summed E-state index contributed by atoms with van der Waals surface area (Å²) in [5.74, 6) is 0.663. The van der Waals surface area contributed by atoms with Crippen molar-refractivity contribution in [3.63, 3.8) is 0 Å². The Hall–Kier alpha value is -0.560. The van der Waals surface area contributed by atoms with Crippen LogP contribution >= 0.6 is 0 Å². The smallest absolute Gasteiger partial charge is 0.0250 e. The molecule has 1 heterocycles. The molecule has 0 aromatic heterocycles. The van der Waals surface area contributed by atoms with Gasteiger partial charge in [-0.15, -0.1) is 0 Å². The molecule has 1 unspecified atom stereocenters. The highest BCUT2D eigenvalue weighted by Crippen LogP contribution is 2.39. The first-order valence-electron chi connectivity index (χ1n) is 4.71. The van der Waals surface area contributed by atoms with E-state index in [0.717, 1.165) is 0 Å². The predicted molar refractivity (Wildman–Crippen MR) is 52.0 cm³/mol. The molecule has 0 aromatic carbocycles. The lowest BCUT2D eigenvalue weighted by Gasteiger charge is -2.45. The SMILES string of the molecule is CN1CCC2=CC=CC2C1(C)C. The van der Waals surface area contributed by atoms with Gasteiger partial charge in [-0.25, -0.2) is 0 Å². The molecule has 1 aliphatic heterocycles. The third-order valence-corrected chi connectivity index (χ3v) is 3.49. The Kier molecular flexibility index (Phi) is 1.65. The van der Waals surface area contributed by atoms with Gasteiger partial charge in [0, 0.05) is 18.0 Å². The Morgan fingerprint density at radius 3 is 3.00 bits per heavy atom. The molecule has 1 aliphatic carbocycles. The number of hydrogen-bond acceptors (Lipinski definition) is 1. The van der Waals surface area contributed by atoms with Gasteiger partial charge in [0.05, 0.1) is 0 Å². The molecule has 1 saturated heterocycles. The monoisotopic (exact) mass is 163 g/mol. The molecule has 0 bridgehead atoms. The molecule has 12 heavy (non-hydrogen) atoms. The summed E-state index contributed by atoms with van der Waals surface area (Å²) in [6, 6.07) is 0. The minimum absolute atomic E-state index is 0.317. The predicted octanol–water partition coefficient (Wildman–Crippen LogP) is 2.21. The molecule has 1 nitrogen and oxygen atoms in total.